The SMILES string of the molecule is CN1C(=O)CC(N2CCCC(C(=O)O)C2)C1=O. The summed E-state index contributed by atoms with van der Waals surface area (Å²) < 4.78 is 0. The molecule has 2 saturated heterocycles. The van der Waals surface area contributed by atoms with Gasteiger partial charge in [-0.05, 0) is 19.4 Å². The van der Waals surface area contributed by atoms with Crippen LogP contribution in [0.15, 0.2) is 0 Å². The summed E-state index contributed by atoms with van der Waals surface area (Å²) in [4.78, 5) is 37.1. The van der Waals surface area contributed by atoms with Gasteiger partial charge in [0.05, 0.1) is 18.4 Å². The second-order valence-electron chi connectivity index (χ2n) is 4.68. The monoisotopic (exact) mass is 240 g/mol. The van der Waals surface area contributed by atoms with Crippen molar-refractivity contribution in [3.05, 3.63) is 0 Å². The quantitative estimate of drug-likeness (QED) is 0.661. The number of carbonyl (C=O) groups excluding carboxylic acids is 2. The number of rotatable bonds is 2. The lowest BCUT2D eigenvalue weighted by atomic mass is 9.96. The molecule has 2 rings (SSSR count). The Hall–Kier alpha value is -1.43. The molecule has 0 bridgehead atoms. The van der Waals surface area contributed by atoms with Gasteiger partial charge < -0.3 is 5.11 Å². The number of carbonyl (C=O) groups is 3. The van der Waals surface area contributed by atoms with Gasteiger partial charge in [-0.2, -0.15) is 0 Å². The summed E-state index contributed by atoms with van der Waals surface area (Å²) in [7, 11) is 1.48. The minimum Gasteiger partial charge on any atom is -0.481 e. The molecule has 0 aromatic carbocycles. The molecule has 17 heavy (non-hydrogen) atoms. The van der Waals surface area contributed by atoms with Crippen LogP contribution in [0.25, 0.3) is 0 Å². The van der Waals surface area contributed by atoms with E-state index in [2.05, 4.69) is 0 Å². The summed E-state index contributed by atoms with van der Waals surface area (Å²) in [5.74, 6) is -1.63. The number of hydrogen-bond acceptors (Lipinski definition) is 4. The van der Waals surface area contributed by atoms with Gasteiger partial charge in [0.25, 0.3) is 0 Å². The summed E-state index contributed by atoms with van der Waals surface area (Å²) in [5.41, 5.74) is 0. The molecule has 0 saturated carbocycles. The van der Waals surface area contributed by atoms with Crippen LogP contribution in [0.4, 0.5) is 0 Å². The maximum absolute atomic E-state index is 11.8. The van der Waals surface area contributed by atoms with Crippen molar-refractivity contribution in [2.75, 3.05) is 20.1 Å². The Bertz CT molecular complexity index is 368. The Kier molecular flexibility index (Phi) is 3.15. The minimum absolute atomic E-state index is 0.182. The first-order valence-corrected chi connectivity index (χ1v) is 5.78. The maximum Gasteiger partial charge on any atom is 0.307 e. The summed E-state index contributed by atoms with van der Waals surface area (Å²) in [6.07, 6.45) is 1.59. The summed E-state index contributed by atoms with van der Waals surface area (Å²) in [6.45, 7) is 1.06. The van der Waals surface area contributed by atoms with E-state index in [0.717, 1.165) is 11.3 Å². The van der Waals surface area contributed by atoms with E-state index < -0.39 is 17.9 Å². The van der Waals surface area contributed by atoms with Gasteiger partial charge in [-0.1, -0.05) is 0 Å². The second-order valence-corrected chi connectivity index (χ2v) is 4.68. The molecule has 0 spiro atoms. The number of amides is 2. The van der Waals surface area contributed by atoms with Crippen molar-refractivity contribution < 1.29 is 19.5 Å². The van der Waals surface area contributed by atoms with Crippen LogP contribution in [0.5, 0.6) is 0 Å². The predicted octanol–water partition coefficient (Wildman–Crippen LogP) is -0.460. The van der Waals surface area contributed by atoms with Gasteiger partial charge in [0.1, 0.15) is 0 Å². The van der Waals surface area contributed by atoms with E-state index >= 15 is 0 Å². The molecule has 2 atom stereocenters. The minimum atomic E-state index is -0.820. The largest absolute Gasteiger partial charge is 0.481 e. The molecule has 2 aliphatic rings. The Morgan fingerprint density at radius 3 is 2.65 bits per heavy atom. The van der Waals surface area contributed by atoms with Gasteiger partial charge in [-0.25, -0.2) is 0 Å². The molecule has 2 fully saturated rings. The Labute approximate surface area is 99.2 Å². The Morgan fingerprint density at radius 2 is 2.12 bits per heavy atom. The Balaban J connectivity index is 2.05. The molecule has 2 heterocycles. The number of imide groups is 1. The molecule has 94 valence electrons. The van der Waals surface area contributed by atoms with E-state index in [9.17, 15) is 14.4 Å². The number of carboxylic acid groups (broad SMARTS) is 1. The average molecular weight is 240 g/mol. The van der Waals surface area contributed by atoms with E-state index in [-0.39, 0.29) is 18.2 Å². The van der Waals surface area contributed by atoms with Gasteiger partial charge in [0.2, 0.25) is 11.8 Å². The second kappa shape index (κ2) is 4.44. The van der Waals surface area contributed by atoms with Crippen molar-refractivity contribution >= 4 is 17.8 Å². The molecular formula is C11H16N2O4. The maximum atomic E-state index is 11.8. The smallest absolute Gasteiger partial charge is 0.307 e. The van der Waals surface area contributed by atoms with E-state index in [1.165, 1.54) is 7.05 Å². The summed E-state index contributed by atoms with van der Waals surface area (Å²) >= 11 is 0. The number of hydrogen-bond donors (Lipinski definition) is 1. The van der Waals surface area contributed by atoms with Crippen molar-refractivity contribution in [3.63, 3.8) is 0 Å². The molecule has 1 N–H and O–H groups in total. The highest BCUT2D eigenvalue weighted by atomic mass is 16.4. The zero-order chi connectivity index (χ0) is 12.6. The first kappa shape index (κ1) is 12.0. The highest BCUT2D eigenvalue weighted by Crippen LogP contribution is 2.24. The fraction of sp³-hybridized carbons (Fsp3) is 0.727. The predicted molar refractivity (Wildman–Crippen MR) is 58.1 cm³/mol. The van der Waals surface area contributed by atoms with Crippen molar-refractivity contribution in [1.82, 2.24) is 9.80 Å². The Morgan fingerprint density at radius 1 is 1.41 bits per heavy atom. The third kappa shape index (κ3) is 2.17. The first-order valence-electron chi connectivity index (χ1n) is 5.78. The van der Waals surface area contributed by atoms with E-state index in [1.54, 1.807) is 0 Å². The zero-order valence-corrected chi connectivity index (χ0v) is 9.76. The van der Waals surface area contributed by atoms with Crippen LogP contribution < -0.4 is 0 Å². The van der Waals surface area contributed by atoms with Gasteiger partial charge in [0, 0.05) is 13.6 Å². The van der Waals surface area contributed by atoms with E-state index in [0.29, 0.717) is 19.5 Å². The van der Waals surface area contributed by atoms with Gasteiger partial charge >= 0.3 is 5.97 Å². The third-order valence-corrected chi connectivity index (χ3v) is 3.60. The van der Waals surface area contributed by atoms with Crippen LogP contribution >= 0.6 is 0 Å². The molecule has 0 aliphatic carbocycles. The zero-order valence-electron chi connectivity index (χ0n) is 9.76. The summed E-state index contributed by atoms with van der Waals surface area (Å²) in [5, 5.41) is 8.98. The van der Waals surface area contributed by atoms with Crippen molar-refractivity contribution in [3.8, 4) is 0 Å². The summed E-state index contributed by atoms with van der Waals surface area (Å²) in [6, 6.07) is -0.449. The van der Waals surface area contributed by atoms with E-state index in [4.69, 9.17) is 5.11 Å². The van der Waals surface area contributed by atoms with Crippen LogP contribution in [-0.4, -0.2) is 58.9 Å². The van der Waals surface area contributed by atoms with Crippen LogP contribution in [-0.2, 0) is 14.4 Å². The van der Waals surface area contributed by atoms with Gasteiger partial charge in [-0.15, -0.1) is 0 Å². The van der Waals surface area contributed by atoms with Crippen molar-refractivity contribution in [1.29, 1.82) is 0 Å². The fourth-order valence-electron chi connectivity index (χ4n) is 2.51. The molecule has 2 aliphatic heterocycles. The van der Waals surface area contributed by atoms with Crippen molar-refractivity contribution in [2.24, 2.45) is 5.92 Å². The lowest BCUT2D eigenvalue weighted by Crippen LogP contribution is -2.47. The molecule has 6 nitrogen and oxygen atoms in total. The van der Waals surface area contributed by atoms with Crippen LogP contribution in [0, 0.1) is 5.92 Å². The number of likely N-dealkylation sites (N-methyl/N-ethyl adjacent to an activating group) is 1. The third-order valence-electron chi connectivity index (χ3n) is 3.60. The van der Waals surface area contributed by atoms with Crippen LogP contribution in [0.2, 0.25) is 0 Å². The van der Waals surface area contributed by atoms with Gasteiger partial charge in [0.15, 0.2) is 0 Å². The van der Waals surface area contributed by atoms with E-state index in [1.807, 2.05) is 4.90 Å². The standard InChI is InChI=1S/C11H16N2O4/c1-12-9(14)5-8(10(12)15)13-4-2-3-7(6-13)11(16)17/h7-8H,2-6H2,1H3,(H,16,17). The normalized spacial score (nSPS) is 31.0. The molecule has 2 amide bonds. The average Bonchev–Trinajstić information content (AvgIpc) is 2.57. The first-order chi connectivity index (χ1) is 8.00. The number of aliphatic carboxylic acids is 1. The van der Waals surface area contributed by atoms with Crippen LogP contribution in [0.3, 0.4) is 0 Å². The molecule has 0 aromatic rings. The molecule has 2 unspecified atom stereocenters. The number of likely N-dealkylation sites (tertiary alicyclic amines) is 2. The number of piperidine rings is 1. The lowest BCUT2D eigenvalue weighted by Gasteiger charge is -2.33. The fourth-order valence-corrected chi connectivity index (χ4v) is 2.51. The topological polar surface area (TPSA) is 77.9 Å². The highest BCUT2D eigenvalue weighted by molar-refractivity contribution is 6.05. The lowest BCUT2D eigenvalue weighted by molar-refractivity contribution is -0.145. The molecule has 6 heteroatoms. The van der Waals surface area contributed by atoms with Gasteiger partial charge in [-0.3, -0.25) is 24.2 Å². The molecule has 0 radical (unpaired) electrons. The van der Waals surface area contributed by atoms with Crippen molar-refractivity contribution in [2.45, 2.75) is 25.3 Å². The van der Waals surface area contributed by atoms with Crippen LogP contribution in [0.1, 0.15) is 19.3 Å². The molecule has 0 aromatic heterocycles. The molecular weight excluding hydrogens is 224 g/mol. The highest BCUT2D eigenvalue weighted by Gasteiger charge is 2.41. The number of carboxylic acids is 1. The number of nitrogens with zero attached hydrogens (tertiary/aromatic N) is 2.